The maximum absolute atomic E-state index is 12.7. The topological polar surface area (TPSA) is 48.0 Å². The number of nitrogens with zero attached hydrogens (tertiary/aromatic N) is 1. The second-order valence-corrected chi connectivity index (χ2v) is 6.28. The molecule has 140 valence electrons. The van der Waals surface area contributed by atoms with Crippen LogP contribution in [0.2, 0.25) is 0 Å². The van der Waals surface area contributed by atoms with Gasteiger partial charge in [0, 0.05) is 19.2 Å². The van der Waals surface area contributed by atoms with Crippen LogP contribution in [0.4, 0.5) is 5.69 Å². The fourth-order valence-corrected chi connectivity index (χ4v) is 2.91. The second-order valence-electron chi connectivity index (χ2n) is 6.28. The van der Waals surface area contributed by atoms with Crippen molar-refractivity contribution in [2.75, 3.05) is 33.3 Å². The lowest BCUT2D eigenvalue weighted by Gasteiger charge is -2.20. The monoisotopic (exact) mass is 357 g/mol. The van der Waals surface area contributed by atoms with Crippen LogP contribution in [-0.4, -0.2) is 34.3 Å². The molecule has 0 aromatic heterocycles. The van der Waals surface area contributed by atoms with Gasteiger partial charge in [0.25, 0.3) is 0 Å². The minimum absolute atomic E-state index is 0.0625. The van der Waals surface area contributed by atoms with Crippen molar-refractivity contribution in [1.29, 1.82) is 0 Å². The predicted molar refractivity (Wildman–Crippen MR) is 104 cm³/mol. The van der Waals surface area contributed by atoms with Crippen molar-refractivity contribution >= 4 is 11.6 Å². The van der Waals surface area contributed by atoms with E-state index in [4.69, 9.17) is 14.2 Å². The average molecular weight is 357 g/mol. The van der Waals surface area contributed by atoms with Gasteiger partial charge in [-0.25, -0.2) is 0 Å². The van der Waals surface area contributed by atoms with Gasteiger partial charge in [0.2, 0.25) is 11.7 Å². The Kier molecular flexibility index (Phi) is 6.50. The lowest BCUT2D eigenvalue weighted by atomic mass is 10.1. The third-order valence-electron chi connectivity index (χ3n) is 4.45. The molecule has 0 aliphatic heterocycles. The minimum atomic E-state index is 0.0625. The van der Waals surface area contributed by atoms with E-state index in [1.54, 1.807) is 26.2 Å². The molecule has 0 spiro atoms. The van der Waals surface area contributed by atoms with Crippen LogP contribution in [0.3, 0.4) is 0 Å². The summed E-state index contributed by atoms with van der Waals surface area (Å²) in [5.74, 6) is 1.80. The number of hydrogen-bond acceptors (Lipinski definition) is 4. The van der Waals surface area contributed by atoms with Crippen LogP contribution in [0, 0.1) is 13.8 Å². The summed E-state index contributed by atoms with van der Waals surface area (Å²) in [5, 5.41) is 0. The molecule has 0 saturated heterocycles. The number of amides is 1. The zero-order valence-electron chi connectivity index (χ0n) is 16.4. The normalized spacial score (nSPS) is 10.4. The summed E-state index contributed by atoms with van der Waals surface area (Å²) in [5.41, 5.74) is 4.12. The molecule has 5 nitrogen and oxygen atoms in total. The van der Waals surface area contributed by atoms with Crippen molar-refractivity contribution in [2.24, 2.45) is 0 Å². The van der Waals surface area contributed by atoms with E-state index in [0.717, 1.165) is 22.4 Å². The van der Waals surface area contributed by atoms with Gasteiger partial charge in [-0.05, 0) is 55.2 Å². The number of methoxy groups -OCH3 is 3. The number of benzene rings is 2. The highest BCUT2D eigenvalue weighted by atomic mass is 16.5. The van der Waals surface area contributed by atoms with E-state index in [1.807, 2.05) is 51.2 Å². The molecule has 5 heteroatoms. The Morgan fingerprint density at radius 2 is 1.58 bits per heavy atom. The maximum atomic E-state index is 12.7. The molecule has 0 saturated carbocycles. The van der Waals surface area contributed by atoms with Crippen LogP contribution >= 0.6 is 0 Å². The van der Waals surface area contributed by atoms with Gasteiger partial charge in [-0.3, -0.25) is 4.79 Å². The number of anilines is 1. The van der Waals surface area contributed by atoms with Gasteiger partial charge < -0.3 is 19.1 Å². The number of rotatable bonds is 7. The summed E-state index contributed by atoms with van der Waals surface area (Å²) in [6.07, 6.45) is 0.979. The molecule has 0 fully saturated rings. The first-order valence-electron chi connectivity index (χ1n) is 8.54. The van der Waals surface area contributed by atoms with Crippen molar-refractivity contribution in [3.8, 4) is 17.2 Å². The molecule has 2 aromatic rings. The summed E-state index contributed by atoms with van der Waals surface area (Å²) in [6.45, 7) is 4.04. The van der Waals surface area contributed by atoms with Crippen molar-refractivity contribution in [2.45, 2.75) is 26.7 Å². The standard InChI is InChI=1S/C21H27NO4/c1-14-7-8-15(2)17(11-14)22(3)20(23)10-9-16-12-18(24-4)21(26-6)19(13-16)25-5/h7-8,11-13H,9-10H2,1-6H3. The highest BCUT2D eigenvalue weighted by Gasteiger charge is 2.16. The molecule has 2 rings (SSSR count). The third kappa shape index (κ3) is 4.28. The van der Waals surface area contributed by atoms with Gasteiger partial charge in [-0.1, -0.05) is 12.1 Å². The molecule has 1 amide bonds. The van der Waals surface area contributed by atoms with Crippen LogP contribution < -0.4 is 19.1 Å². The molecule has 0 aliphatic rings. The summed E-state index contributed by atoms with van der Waals surface area (Å²) >= 11 is 0. The molecule has 0 bridgehead atoms. The molecular weight excluding hydrogens is 330 g/mol. The smallest absolute Gasteiger partial charge is 0.227 e. The van der Waals surface area contributed by atoms with Gasteiger partial charge in [0.05, 0.1) is 21.3 Å². The van der Waals surface area contributed by atoms with Gasteiger partial charge in [0.1, 0.15) is 0 Å². The Morgan fingerprint density at radius 1 is 0.962 bits per heavy atom. The fraction of sp³-hybridized carbons (Fsp3) is 0.381. The van der Waals surface area contributed by atoms with E-state index in [9.17, 15) is 4.79 Å². The van der Waals surface area contributed by atoms with E-state index >= 15 is 0 Å². The first kappa shape index (κ1) is 19.6. The van der Waals surface area contributed by atoms with Crippen molar-refractivity contribution < 1.29 is 19.0 Å². The number of carbonyl (C=O) groups excluding carboxylic acids is 1. The summed E-state index contributed by atoms with van der Waals surface area (Å²) < 4.78 is 16.1. The largest absolute Gasteiger partial charge is 0.493 e. The van der Waals surface area contributed by atoms with Gasteiger partial charge in [0.15, 0.2) is 11.5 Å². The molecule has 26 heavy (non-hydrogen) atoms. The summed E-state index contributed by atoms with van der Waals surface area (Å²) in [6, 6.07) is 9.88. The zero-order chi connectivity index (χ0) is 19.3. The predicted octanol–water partition coefficient (Wildman–Crippen LogP) is 3.92. The number of hydrogen-bond donors (Lipinski definition) is 0. The number of carbonyl (C=O) groups is 1. The van der Waals surface area contributed by atoms with E-state index in [1.165, 1.54) is 0 Å². The van der Waals surface area contributed by atoms with Gasteiger partial charge >= 0.3 is 0 Å². The Labute approximate surface area is 155 Å². The quantitative estimate of drug-likeness (QED) is 0.753. The Morgan fingerprint density at radius 3 is 2.12 bits per heavy atom. The van der Waals surface area contributed by atoms with Crippen LogP contribution in [0.1, 0.15) is 23.1 Å². The fourth-order valence-electron chi connectivity index (χ4n) is 2.91. The zero-order valence-corrected chi connectivity index (χ0v) is 16.4. The minimum Gasteiger partial charge on any atom is -0.493 e. The molecule has 0 unspecified atom stereocenters. The molecule has 0 radical (unpaired) electrons. The maximum Gasteiger partial charge on any atom is 0.227 e. The van der Waals surface area contributed by atoms with E-state index in [2.05, 4.69) is 0 Å². The lowest BCUT2D eigenvalue weighted by Crippen LogP contribution is -2.27. The van der Waals surface area contributed by atoms with Crippen molar-refractivity contribution in [3.05, 3.63) is 47.0 Å². The Hall–Kier alpha value is -2.69. The second kappa shape index (κ2) is 8.61. The number of aryl methyl sites for hydroxylation is 3. The molecule has 0 atom stereocenters. The average Bonchev–Trinajstić information content (AvgIpc) is 2.66. The molecule has 2 aromatic carbocycles. The summed E-state index contributed by atoms with van der Waals surface area (Å²) in [4.78, 5) is 14.4. The first-order valence-corrected chi connectivity index (χ1v) is 8.54. The highest BCUT2D eigenvalue weighted by molar-refractivity contribution is 5.93. The SMILES string of the molecule is COc1cc(CCC(=O)N(C)c2cc(C)ccc2C)cc(OC)c1OC. The third-order valence-corrected chi connectivity index (χ3v) is 4.45. The van der Waals surface area contributed by atoms with Crippen molar-refractivity contribution in [3.63, 3.8) is 0 Å². The molecular formula is C21H27NO4. The summed E-state index contributed by atoms with van der Waals surface area (Å²) in [7, 11) is 6.56. The van der Waals surface area contributed by atoms with Crippen LogP contribution in [0.15, 0.2) is 30.3 Å². The van der Waals surface area contributed by atoms with E-state index in [0.29, 0.717) is 30.1 Å². The van der Waals surface area contributed by atoms with Gasteiger partial charge in [-0.15, -0.1) is 0 Å². The molecule has 0 heterocycles. The van der Waals surface area contributed by atoms with E-state index < -0.39 is 0 Å². The molecule has 0 N–H and O–H groups in total. The number of ether oxygens (including phenoxy) is 3. The van der Waals surface area contributed by atoms with Crippen LogP contribution in [-0.2, 0) is 11.2 Å². The Balaban J connectivity index is 2.15. The van der Waals surface area contributed by atoms with Gasteiger partial charge in [-0.2, -0.15) is 0 Å². The van der Waals surface area contributed by atoms with Crippen LogP contribution in [0.5, 0.6) is 17.2 Å². The molecule has 0 aliphatic carbocycles. The van der Waals surface area contributed by atoms with E-state index in [-0.39, 0.29) is 5.91 Å². The van der Waals surface area contributed by atoms with Crippen molar-refractivity contribution in [1.82, 2.24) is 0 Å². The van der Waals surface area contributed by atoms with Crippen LogP contribution in [0.25, 0.3) is 0 Å². The Bertz CT molecular complexity index is 761. The lowest BCUT2D eigenvalue weighted by molar-refractivity contribution is -0.118. The first-order chi connectivity index (χ1) is 12.4. The highest BCUT2D eigenvalue weighted by Crippen LogP contribution is 2.38.